The molecule has 1 saturated heterocycles. The van der Waals surface area contributed by atoms with Gasteiger partial charge in [0.1, 0.15) is 0 Å². The van der Waals surface area contributed by atoms with Crippen LogP contribution in [0.25, 0.3) is 0 Å². The summed E-state index contributed by atoms with van der Waals surface area (Å²) in [5.74, 6) is -0.892. The summed E-state index contributed by atoms with van der Waals surface area (Å²) in [6.07, 6.45) is -0.711. The molecule has 1 aliphatic rings. The molecule has 2 rings (SSSR count). The molecule has 18 heavy (non-hydrogen) atoms. The lowest BCUT2D eigenvalue weighted by Crippen LogP contribution is -2.45. The zero-order chi connectivity index (χ0) is 13.1. The summed E-state index contributed by atoms with van der Waals surface area (Å²) >= 11 is 6.89. The molecule has 1 aliphatic heterocycles. The molecule has 0 radical (unpaired) electrons. The van der Waals surface area contributed by atoms with E-state index in [9.17, 15) is 4.79 Å². The van der Waals surface area contributed by atoms with Gasteiger partial charge in [0.05, 0.1) is 6.61 Å². The number of hydrogen-bond donors (Lipinski definition) is 1. The number of aliphatic carboxylic acids is 1. The highest BCUT2D eigenvalue weighted by Crippen LogP contribution is 2.24. The average molecular weight is 379 g/mol. The van der Waals surface area contributed by atoms with Crippen LogP contribution in [0, 0.1) is 0 Å². The van der Waals surface area contributed by atoms with E-state index in [1.165, 1.54) is 0 Å². The van der Waals surface area contributed by atoms with Gasteiger partial charge in [0.25, 0.3) is 0 Å². The van der Waals surface area contributed by atoms with Crippen LogP contribution in [0.2, 0.25) is 0 Å². The van der Waals surface area contributed by atoms with Crippen molar-refractivity contribution in [2.75, 3.05) is 19.7 Å². The second-order valence-corrected chi connectivity index (χ2v) is 5.89. The van der Waals surface area contributed by atoms with Gasteiger partial charge in [-0.15, -0.1) is 0 Å². The Morgan fingerprint density at radius 3 is 2.89 bits per heavy atom. The van der Waals surface area contributed by atoms with Gasteiger partial charge in [-0.25, -0.2) is 4.79 Å². The molecule has 0 spiro atoms. The molecule has 0 amide bonds. The number of halogens is 2. The van der Waals surface area contributed by atoms with Gasteiger partial charge in [0.2, 0.25) is 0 Å². The molecule has 1 N–H and O–H groups in total. The molecule has 0 saturated carbocycles. The summed E-state index contributed by atoms with van der Waals surface area (Å²) in [6.45, 7) is 2.40. The Kier molecular flexibility index (Phi) is 4.77. The maximum absolute atomic E-state index is 10.9. The molecule has 1 aromatic rings. The van der Waals surface area contributed by atoms with Crippen LogP contribution in [-0.4, -0.2) is 41.8 Å². The lowest BCUT2D eigenvalue weighted by molar-refractivity contribution is -0.156. The molecule has 6 heteroatoms. The largest absolute Gasteiger partial charge is 0.479 e. The summed E-state index contributed by atoms with van der Waals surface area (Å²) in [5, 5.41) is 8.94. The Morgan fingerprint density at radius 1 is 1.44 bits per heavy atom. The van der Waals surface area contributed by atoms with Gasteiger partial charge in [-0.2, -0.15) is 0 Å². The monoisotopic (exact) mass is 377 g/mol. The third-order valence-electron chi connectivity index (χ3n) is 2.82. The molecule has 1 unspecified atom stereocenters. The highest BCUT2D eigenvalue weighted by atomic mass is 79.9. The molecule has 0 bridgehead atoms. The van der Waals surface area contributed by atoms with Crippen molar-refractivity contribution in [1.82, 2.24) is 4.90 Å². The SMILES string of the molecule is O=C(O)C1CN(Cc2ccc(Br)c(Br)c2)CCO1. The standard InChI is InChI=1S/C12H13Br2NO3/c13-9-2-1-8(5-10(9)14)6-15-3-4-18-11(7-15)12(16)17/h1-2,5,11H,3-4,6-7H2,(H,16,17). The Bertz CT molecular complexity index is 453. The van der Waals surface area contributed by atoms with Gasteiger partial charge in [0, 0.05) is 28.6 Å². The van der Waals surface area contributed by atoms with E-state index in [4.69, 9.17) is 9.84 Å². The minimum absolute atomic E-state index is 0.434. The summed E-state index contributed by atoms with van der Waals surface area (Å²) in [4.78, 5) is 13.0. The molecule has 4 nitrogen and oxygen atoms in total. The number of carboxylic acids is 1. The van der Waals surface area contributed by atoms with Crippen molar-refractivity contribution >= 4 is 37.8 Å². The van der Waals surface area contributed by atoms with Crippen LogP contribution in [-0.2, 0) is 16.1 Å². The van der Waals surface area contributed by atoms with Gasteiger partial charge < -0.3 is 9.84 Å². The number of ether oxygens (including phenoxy) is 1. The van der Waals surface area contributed by atoms with Crippen LogP contribution in [0.3, 0.4) is 0 Å². The molecule has 98 valence electrons. The van der Waals surface area contributed by atoms with Crippen LogP contribution >= 0.6 is 31.9 Å². The Balaban J connectivity index is 2.00. The van der Waals surface area contributed by atoms with E-state index in [-0.39, 0.29) is 0 Å². The van der Waals surface area contributed by atoms with Crippen LogP contribution < -0.4 is 0 Å². The first-order valence-corrected chi connectivity index (χ1v) is 7.15. The zero-order valence-electron chi connectivity index (χ0n) is 9.60. The molecular formula is C12H13Br2NO3. The second-order valence-electron chi connectivity index (χ2n) is 4.18. The normalized spacial score (nSPS) is 20.9. The fraction of sp³-hybridized carbons (Fsp3) is 0.417. The molecular weight excluding hydrogens is 366 g/mol. The number of carboxylic acid groups (broad SMARTS) is 1. The average Bonchev–Trinajstić information content (AvgIpc) is 2.34. The summed E-state index contributed by atoms with van der Waals surface area (Å²) < 4.78 is 7.21. The van der Waals surface area contributed by atoms with E-state index < -0.39 is 12.1 Å². The Hall–Kier alpha value is -0.430. The maximum Gasteiger partial charge on any atom is 0.334 e. The Morgan fingerprint density at radius 2 is 2.22 bits per heavy atom. The van der Waals surface area contributed by atoms with E-state index in [1.807, 2.05) is 18.2 Å². The minimum atomic E-state index is -0.892. The summed E-state index contributed by atoms with van der Waals surface area (Å²) in [7, 11) is 0. The topological polar surface area (TPSA) is 49.8 Å². The molecule has 0 aromatic heterocycles. The predicted octanol–water partition coefficient (Wildman–Crippen LogP) is 2.50. The molecule has 1 fully saturated rings. The number of nitrogens with zero attached hydrogens (tertiary/aromatic N) is 1. The molecule has 0 aliphatic carbocycles. The molecule has 1 aromatic carbocycles. The zero-order valence-corrected chi connectivity index (χ0v) is 12.8. The first-order chi connectivity index (χ1) is 8.56. The quantitative estimate of drug-likeness (QED) is 0.877. The van der Waals surface area contributed by atoms with E-state index in [0.29, 0.717) is 13.2 Å². The van der Waals surface area contributed by atoms with Crippen LogP contribution in [0.4, 0.5) is 0 Å². The number of hydrogen-bond acceptors (Lipinski definition) is 3. The van der Waals surface area contributed by atoms with E-state index >= 15 is 0 Å². The molecule has 1 atom stereocenters. The minimum Gasteiger partial charge on any atom is -0.479 e. The van der Waals surface area contributed by atoms with Crippen molar-refractivity contribution in [3.63, 3.8) is 0 Å². The van der Waals surface area contributed by atoms with Crippen molar-refractivity contribution in [1.29, 1.82) is 0 Å². The fourth-order valence-corrected chi connectivity index (χ4v) is 2.56. The summed E-state index contributed by atoms with van der Waals surface area (Å²) in [5.41, 5.74) is 1.15. The number of carbonyl (C=O) groups is 1. The highest BCUT2D eigenvalue weighted by molar-refractivity contribution is 9.13. The maximum atomic E-state index is 10.9. The number of morpholine rings is 1. The Labute approximate surface area is 122 Å². The van der Waals surface area contributed by atoms with Crippen LogP contribution in [0.5, 0.6) is 0 Å². The number of benzene rings is 1. The van der Waals surface area contributed by atoms with Crippen molar-refractivity contribution in [2.45, 2.75) is 12.6 Å². The van der Waals surface area contributed by atoms with Crippen molar-refractivity contribution in [2.24, 2.45) is 0 Å². The van der Waals surface area contributed by atoms with Crippen LogP contribution in [0.1, 0.15) is 5.56 Å². The highest BCUT2D eigenvalue weighted by Gasteiger charge is 2.26. The van der Waals surface area contributed by atoms with Crippen molar-refractivity contribution in [3.8, 4) is 0 Å². The van der Waals surface area contributed by atoms with Gasteiger partial charge in [-0.3, -0.25) is 4.90 Å². The third-order valence-corrected chi connectivity index (χ3v) is 4.70. The molecule has 1 heterocycles. The first kappa shape index (κ1) is 14.0. The smallest absolute Gasteiger partial charge is 0.334 e. The lowest BCUT2D eigenvalue weighted by Gasteiger charge is -2.30. The van der Waals surface area contributed by atoms with Gasteiger partial charge in [-0.1, -0.05) is 6.07 Å². The van der Waals surface area contributed by atoms with Crippen molar-refractivity contribution < 1.29 is 14.6 Å². The van der Waals surface area contributed by atoms with E-state index in [2.05, 4.69) is 36.8 Å². The third kappa shape index (κ3) is 3.54. The van der Waals surface area contributed by atoms with Crippen LogP contribution in [0.15, 0.2) is 27.1 Å². The van der Waals surface area contributed by atoms with E-state index in [0.717, 1.165) is 27.6 Å². The first-order valence-electron chi connectivity index (χ1n) is 5.57. The lowest BCUT2D eigenvalue weighted by atomic mass is 10.2. The van der Waals surface area contributed by atoms with Gasteiger partial charge in [-0.05, 0) is 49.6 Å². The fourth-order valence-electron chi connectivity index (χ4n) is 1.89. The van der Waals surface area contributed by atoms with Gasteiger partial charge in [0.15, 0.2) is 6.10 Å². The van der Waals surface area contributed by atoms with E-state index in [1.54, 1.807) is 0 Å². The second kappa shape index (κ2) is 6.14. The number of rotatable bonds is 3. The van der Waals surface area contributed by atoms with Gasteiger partial charge >= 0.3 is 5.97 Å². The van der Waals surface area contributed by atoms with Crippen molar-refractivity contribution in [3.05, 3.63) is 32.7 Å². The predicted molar refractivity (Wildman–Crippen MR) is 74.5 cm³/mol. The summed E-state index contributed by atoms with van der Waals surface area (Å²) in [6, 6.07) is 6.05.